The van der Waals surface area contributed by atoms with Gasteiger partial charge in [0.05, 0.1) is 5.56 Å². The van der Waals surface area contributed by atoms with Crippen molar-refractivity contribution in [3.63, 3.8) is 0 Å². The third-order valence-corrected chi connectivity index (χ3v) is 1.85. The third-order valence-electron chi connectivity index (χ3n) is 1.85. The van der Waals surface area contributed by atoms with Crippen LogP contribution in [0.2, 0.25) is 0 Å². The predicted molar refractivity (Wildman–Crippen MR) is 72.2 cm³/mol. The van der Waals surface area contributed by atoms with Crippen molar-refractivity contribution in [2.45, 2.75) is 33.4 Å². The SMILES string of the molecule is CC.CCc1cc(C(F)(F)F)ccc1N.CP. The molecule has 0 amide bonds. The van der Waals surface area contributed by atoms with Crippen LogP contribution < -0.4 is 5.73 Å². The molecule has 1 rings (SSSR count). The van der Waals surface area contributed by atoms with Crippen LogP contribution in [-0.4, -0.2) is 6.66 Å². The summed E-state index contributed by atoms with van der Waals surface area (Å²) < 4.78 is 36.6. The monoisotopic (exact) mass is 267 g/mol. The minimum atomic E-state index is -4.28. The molecule has 2 N–H and O–H groups in total. The van der Waals surface area contributed by atoms with E-state index in [1.54, 1.807) is 6.92 Å². The lowest BCUT2D eigenvalue weighted by Gasteiger charge is -2.09. The zero-order chi connectivity index (χ0) is 14.1. The summed E-state index contributed by atoms with van der Waals surface area (Å²) in [6, 6.07) is 3.38. The molecule has 0 aliphatic rings. The predicted octanol–water partition coefficient (Wildman–Crippen LogP) is 4.37. The lowest BCUT2D eigenvalue weighted by atomic mass is 10.1. The summed E-state index contributed by atoms with van der Waals surface area (Å²) >= 11 is 0. The zero-order valence-electron chi connectivity index (χ0n) is 10.7. The van der Waals surface area contributed by atoms with Crippen molar-refractivity contribution >= 4 is 14.9 Å². The van der Waals surface area contributed by atoms with Gasteiger partial charge in [-0.05, 0) is 30.2 Å². The number of alkyl halides is 3. The highest BCUT2D eigenvalue weighted by atomic mass is 31.0. The number of nitrogen functional groups attached to an aromatic ring is 1. The maximum atomic E-state index is 12.2. The first-order valence-electron chi connectivity index (χ1n) is 5.48. The van der Waals surface area contributed by atoms with E-state index in [4.69, 9.17) is 5.73 Å². The summed E-state index contributed by atoms with van der Waals surface area (Å²) in [4.78, 5) is 0. The number of nitrogens with two attached hydrogens (primary N) is 1. The zero-order valence-corrected chi connectivity index (χ0v) is 11.9. The van der Waals surface area contributed by atoms with Crippen LogP contribution >= 0.6 is 9.24 Å². The molecule has 0 saturated carbocycles. The van der Waals surface area contributed by atoms with Gasteiger partial charge in [-0.3, -0.25) is 0 Å². The Bertz CT molecular complexity index is 311. The molecule has 1 atom stereocenters. The fourth-order valence-corrected chi connectivity index (χ4v) is 1.09. The van der Waals surface area contributed by atoms with Gasteiger partial charge in [-0.15, -0.1) is 9.24 Å². The molecule has 1 aromatic carbocycles. The van der Waals surface area contributed by atoms with Gasteiger partial charge in [0, 0.05) is 5.69 Å². The van der Waals surface area contributed by atoms with E-state index < -0.39 is 11.7 Å². The standard InChI is InChI=1S/C9H10F3N.C2H6.CH5P/c1-2-6-5-7(9(10,11)12)3-4-8(6)13;2*1-2/h3-5H,2,13H2,1H3;1-2H3;2H2,1H3. The minimum Gasteiger partial charge on any atom is -0.399 e. The van der Waals surface area contributed by atoms with E-state index in [1.807, 2.05) is 20.5 Å². The molecule has 5 heteroatoms. The van der Waals surface area contributed by atoms with Crippen molar-refractivity contribution in [1.82, 2.24) is 0 Å². The molecule has 0 spiro atoms. The summed E-state index contributed by atoms with van der Waals surface area (Å²) in [7, 11) is 2.42. The first-order chi connectivity index (χ1) is 7.95. The highest BCUT2D eigenvalue weighted by Gasteiger charge is 2.30. The second-order valence-electron chi connectivity index (χ2n) is 2.76. The Morgan fingerprint density at radius 2 is 1.65 bits per heavy atom. The smallest absolute Gasteiger partial charge is 0.399 e. The van der Waals surface area contributed by atoms with E-state index in [2.05, 4.69) is 9.24 Å². The third kappa shape index (κ3) is 6.52. The first-order valence-corrected chi connectivity index (χ1v) is 6.64. The number of anilines is 1. The lowest BCUT2D eigenvalue weighted by molar-refractivity contribution is -0.137. The molecular formula is C12H21F3NP. The van der Waals surface area contributed by atoms with Crippen molar-refractivity contribution in [2.75, 3.05) is 12.4 Å². The molecule has 0 aromatic heterocycles. The number of halogens is 3. The Morgan fingerprint density at radius 3 is 2.00 bits per heavy atom. The molecule has 0 aliphatic heterocycles. The van der Waals surface area contributed by atoms with Crippen molar-refractivity contribution in [3.05, 3.63) is 29.3 Å². The second kappa shape index (κ2) is 9.29. The van der Waals surface area contributed by atoms with Crippen molar-refractivity contribution in [2.24, 2.45) is 0 Å². The van der Waals surface area contributed by atoms with Crippen LogP contribution in [0.5, 0.6) is 0 Å². The van der Waals surface area contributed by atoms with Crippen LogP contribution in [0.4, 0.5) is 18.9 Å². The van der Waals surface area contributed by atoms with Crippen LogP contribution in [0.3, 0.4) is 0 Å². The molecule has 17 heavy (non-hydrogen) atoms. The molecule has 0 fully saturated rings. The molecule has 1 aromatic rings. The van der Waals surface area contributed by atoms with Crippen molar-refractivity contribution in [1.29, 1.82) is 0 Å². The van der Waals surface area contributed by atoms with Crippen LogP contribution in [0.1, 0.15) is 31.9 Å². The van der Waals surface area contributed by atoms with Gasteiger partial charge in [0.2, 0.25) is 0 Å². The molecule has 0 radical (unpaired) electrons. The normalized spacial score (nSPS) is 9.65. The Kier molecular flexibility index (Phi) is 10.2. The Morgan fingerprint density at radius 1 is 1.18 bits per heavy atom. The van der Waals surface area contributed by atoms with Gasteiger partial charge in [0.25, 0.3) is 0 Å². The van der Waals surface area contributed by atoms with Gasteiger partial charge >= 0.3 is 6.18 Å². The van der Waals surface area contributed by atoms with E-state index in [0.29, 0.717) is 17.7 Å². The van der Waals surface area contributed by atoms with Crippen molar-refractivity contribution < 1.29 is 13.2 Å². The topological polar surface area (TPSA) is 26.0 Å². The number of hydrogen-bond donors (Lipinski definition) is 1. The van der Waals surface area contributed by atoms with E-state index >= 15 is 0 Å². The molecule has 0 bridgehead atoms. The van der Waals surface area contributed by atoms with Gasteiger partial charge in [0.1, 0.15) is 0 Å². The lowest BCUT2D eigenvalue weighted by Crippen LogP contribution is -2.06. The number of rotatable bonds is 1. The Labute approximate surface area is 104 Å². The molecule has 1 unspecified atom stereocenters. The minimum absolute atomic E-state index is 0.413. The van der Waals surface area contributed by atoms with Crippen LogP contribution in [0.25, 0.3) is 0 Å². The molecule has 0 heterocycles. The molecule has 0 aliphatic carbocycles. The maximum absolute atomic E-state index is 12.2. The molecular weight excluding hydrogens is 246 g/mol. The van der Waals surface area contributed by atoms with E-state index in [-0.39, 0.29) is 0 Å². The second-order valence-corrected chi connectivity index (χ2v) is 2.76. The van der Waals surface area contributed by atoms with E-state index in [0.717, 1.165) is 12.1 Å². The van der Waals surface area contributed by atoms with Gasteiger partial charge < -0.3 is 5.73 Å². The summed E-state index contributed by atoms with van der Waals surface area (Å²) in [6.07, 6.45) is -3.77. The fraction of sp³-hybridized carbons (Fsp3) is 0.500. The highest BCUT2D eigenvalue weighted by Crippen LogP contribution is 2.31. The van der Waals surface area contributed by atoms with Crippen LogP contribution in [0.15, 0.2) is 18.2 Å². The van der Waals surface area contributed by atoms with Gasteiger partial charge in [-0.25, -0.2) is 0 Å². The van der Waals surface area contributed by atoms with Crippen molar-refractivity contribution in [3.8, 4) is 0 Å². The largest absolute Gasteiger partial charge is 0.416 e. The summed E-state index contributed by atoms with van der Waals surface area (Å²) in [5.74, 6) is 0. The molecule has 0 saturated heterocycles. The van der Waals surface area contributed by atoms with Crippen LogP contribution in [0, 0.1) is 0 Å². The number of aryl methyl sites for hydroxylation is 1. The Balaban J connectivity index is 0. The number of hydrogen-bond acceptors (Lipinski definition) is 1. The summed E-state index contributed by atoms with van der Waals surface area (Å²) in [5.41, 5.74) is 5.79. The van der Waals surface area contributed by atoms with E-state index in [9.17, 15) is 13.2 Å². The molecule has 1 nitrogen and oxygen atoms in total. The highest BCUT2D eigenvalue weighted by molar-refractivity contribution is 7.15. The first kappa shape index (κ1) is 18.6. The average Bonchev–Trinajstić information content (AvgIpc) is 2.33. The summed E-state index contributed by atoms with van der Waals surface area (Å²) in [5, 5.41) is 0. The maximum Gasteiger partial charge on any atom is 0.416 e. The van der Waals surface area contributed by atoms with Crippen LogP contribution in [-0.2, 0) is 12.6 Å². The van der Waals surface area contributed by atoms with Gasteiger partial charge in [-0.1, -0.05) is 27.4 Å². The van der Waals surface area contributed by atoms with E-state index in [1.165, 1.54) is 6.07 Å². The fourth-order valence-electron chi connectivity index (χ4n) is 1.09. The average molecular weight is 267 g/mol. The summed E-state index contributed by atoms with van der Waals surface area (Å²) in [6.45, 7) is 7.69. The quantitative estimate of drug-likeness (QED) is 0.593. The number of benzene rings is 1. The van der Waals surface area contributed by atoms with Gasteiger partial charge in [-0.2, -0.15) is 13.2 Å². The van der Waals surface area contributed by atoms with Gasteiger partial charge in [0.15, 0.2) is 0 Å². The molecule has 100 valence electrons. The Hall–Kier alpha value is -0.760.